The van der Waals surface area contributed by atoms with Crippen molar-refractivity contribution in [1.29, 1.82) is 0 Å². The molecule has 2 aromatic carbocycles. The molecule has 3 N–H and O–H groups in total. The maximum absolute atomic E-state index is 12.2. The summed E-state index contributed by atoms with van der Waals surface area (Å²) in [5.41, 5.74) is 7.36. The molecule has 0 radical (unpaired) electrons. The molecule has 3 nitrogen and oxygen atoms in total. The van der Waals surface area contributed by atoms with E-state index in [9.17, 15) is 4.79 Å². The minimum atomic E-state index is -0.269. The summed E-state index contributed by atoms with van der Waals surface area (Å²) in [7, 11) is 0. The first-order chi connectivity index (χ1) is 9.49. The fourth-order valence-corrected chi connectivity index (χ4v) is 2.27. The van der Waals surface area contributed by atoms with E-state index in [4.69, 9.17) is 28.9 Å². The standard InChI is InChI=1S/C15H14Cl2N2O/c1-9(10-4-2-5-11(16)8-10)19-15(20)12-6-3-7-13(18)14(12)17/h2-9H,18H2,1H3,(H,19,20). The highest BCUT2D eigenvalue weighted by atomic mass is 35.5. The first kappa shape index (κ1) is 14.7. The molecule has 0 spiro atoms. The van der Waals surface area contributed by atoms with Crippen LogP contribution in [0.3, 0.4) is 0 Å². The predicted molar refractivity (Wildman–Crippen MR) is 83.2 cm³/mol. The van der Waals surface area contributed by atoms with Crippen molar-refractivity contribution in [2.75, 3.05) is 5.73 Å². The van der Waals surface area contributed by atoms with Crippen molar-refractivity contribution in [2.45, 2.75) is 13.0 Å². The number of amides is 1. The summed E-state index contributed by atoms with van der Waals surface area (Å²) >= 11 is 12.0. The predicted octanol–water partition coefficient (Wildman–Crippen LogP) is 4.07. The molecule has 0 aliphatic rings. The lowest BCUT2D eigenvalue weighted by molar-refractivity contribution is 0.0940. The summed E-state index contributed by atoms with van der Waals surface area (Å²) in [6.07, 6.45) is 0. The van der Waals surface area contributed by atoms with E-state index in [1.807, 2.05) is 25.1 Å². The number of anilines is 1. The molecule has 1 amide bonds. The highest BCUT2D eigenvalue weighted by molar-refractivity contribution is 6.36. The van der Waals surface area contributed by atoms with Gasteiger partial charge in [-0.3, -0.25) is 4.79 Å². The van der Waals surface area contributed by atoms with Gasteiger partial charge in [-0.15, -0.1) is 0 Å². The Kier molecular flexibility index (Phi) is 4.53. The molecule has 20 heavy (non-hydrogen) atoms. The van der Waals surface area contributed by atoms with Gasteiger partial charge in [0.15, 0.2) is 0 Å². The second-order valence-corrected chi connectivity index (χ2v) is 5.27. The van der Waals surface area contributed by atoms with Crippen LogP contribution in [0.4, 0.5) is 5.69 Å². The number of carbonyl (C=O) groups excluding carboxylic acids is 1. The van der Waals surface area contributed by atoms with Crippen LogP contribution in [-0.4, -0.2) is 5.91 Å². The SMILES string of the molecule is CC(NC(=O)c1cccc(N)c1Cl)c1cccc(Cl)c1. The maximum atomic E-state index is 12.2. The lowest BCUT2D eigenvalue weighted by Crippen LogP contribution is -2.27. The number of nitrogen functional groups attached to an aromatic ring is 1. The van der Waals surface area contributed by atoms with Gasteiger partial charge < -0.3 is 11.1 Å². The molecule has 1 atom stereocenters. The first-order valence-electron chi connectivity index (χ1n) is 6.09. The van der Waals surface area contributed by atoms with Crippen molar-refractivity contribution in [3.05, 3.63) is 63.6 Å². The van der Waals surface area contributed by atoms with Gasteiger partial charge in [-0.05, 0) is 36.8 Å². The van der Waals surface area contributed by atoms with Crippen molar-refractivity contribution in [3.63, 3.8) is 0 Å². The Morgan fingerprint density at radius 1 is 1.20 bits per heavy atom. The van der Waals surface area contributed by atoms with Gasteiger partial charge in [-0.1, -0.05) is 41.4 Å². The van der Waals surface area contributed by atoms with Crippen LogP contribution in [0.5, 0.6) is 0 Å². The number of benzene rings is 2. The van der Waals surface area contributed by atoms with Crippen LogP contribution in [0.25, 0.3) is 0 Å². The monoisotopic (exact) mass is 308 g/mol. The minimum absolute atomic E-state index is 0.182. The molecule has 0 aliphatic carbocycles. The summed E-state index contributed by atoms with van der Waals surface area (Å²) in [4.78, 5) is 12.2. The van der Waals surface area contributed by atoms with Gasteiger partial charge in [0.25, 0.3) is 5.91 Å². The average Bonchev–Trinajstić information content (AvgIpc) is 2.41. The highest BCUT2D eigenvalue weighted by Crippen LogP contribution is 2.24. The van der Waals surface area contributed by atoms with E-state index >= 15 is 0 Å². The fourth-order valence-electron chi connectivity index (χ4n) is 1.86. The zero-order valence-corrected chi connectivity index (χ0v) is 12.4. The molecule has 1 unspecified atom stereocenters. The molecule has 5 heteroatoms. The summed E-state index contributed by atoms with van der Waals surface area (Å²) in [5.74, 6) is -0.269. The third-order valence-corrected chi connectivity index (χ3v) is 3.63. The van der Waals surface area contributed by atoms with E-state index in [0.29, 0.717) is 16.3 Å². The third-order valence-electron chi connectivity index (χ3n) is 2.97. The van der Waals surface area contributed by atoms with E-state index < -0.39 is 0 Å². The van der Waals surface area contributed by atoms with E-state index in [0.717, 1.165) is 5.56 Å². The smallest absolute Gasteiger partial charge is 0.253 e. The highest BCUT2D eigenvalue weighted by Gasteiger charge is 2.15. The van der Waals surface area contributed by atoms with E-state index in [1.54, 1.807) is 24.3 Å². The van der Waals surface area contributed by atoms with Gasteiger partial charge in [0.05, 0.1) is 22.3 Å². The molecule has 0 aromatic heterocycles. The van der Waals surface area contributed by atoms with Crippen LogP contribution in [-0.2, 0) is 0 Å². The Morgan fingerprint density at radius 3 is 2.60 bits per heavy atom. The molecule has 0 saturated heterocycles. The molecule has 0 aliphatic heterocycles. The Morgan fingerprint density at radius 2 is 1.90 bits per heavy atom. The molecule has 104 valence electrons. The summed E-state index contributed by atoms with van der Waals surface area (Å²) < 4.78 is 0. The summed E-state index contributed by atoms with van der Waals surface area (Å²) in [6, 6.07) is 12.1. The fraction of sp³-hybridized carbons (Fsp3) is 0.133. The average molecular weight is 309 g/mol. The lowest BCUT2D eigenvalue weighted by atomic mass is 10.1. The van der Waals surface area contributed by atoms with Crippen LogP contribution >= 0.6 is 23.2 Å². The number of hydrogen-bond acceptors (Lipinski definition) is 2. The number of hydrogen-bond donors (Lipinski definition) is 2. The number of halogens is 2. The third kappa shape index (κ3) is 3.24. The number of nitrogens with one attached hydrogen (secondary N) is 1. The van der Waals surface area contributed by atoms with Crippen molar-refractivity contribution in [3.8, 4) is 0 Å². The van der Waals surface area contributed by atoms with Gasteiger partial charge in [0.1, 0.15) is 0 Å². The van der Waals surface area contributed by atoms with E-state index in [2.05, 4.69) is 5.32 Å². The molecule has 2 aromatic rings. The van der Waals surface area contributed by atoms with Gasteiger partial charge in [-0.25, -0.2) is 0 Å². The minimum Gasteiger partial charge on any atom is -0.398 e. The van der Waals surface area contributed by atoms with Gasteiger partial charge >= 0.3 is 0 Å². The molecular formula is C15H14Cl2N2O. The number of carbonyl (C=O) groups is 1. The van der Waals surface area contributed by atoms with Crippen LogP contribution in [0.15, 0.2) is 42.5 Å². The topological polar surface area (TPSA) is 55.1 Å². The molecule has 0 saturated carbocycles. The number of nitrogens with two attached hydrogens (primary N) is 1. The molecule has 0 bridgehead atoms. The maximum Gasteiger partial charge on any atom is 0.253 e. The Balaban J connectivity index is 2.17. The second-order valence-electron chi connectivity index (χ2n) is 4.46. The van der Waals surface area contributed by atoms with Crippen molar-refractivity contribution >= 4 is 34.8 Å². The molecule has 2 rings (SSSR count). The second kappa shape index (κ2) is 6.16. The molecule has 0 heterocycles. The van der Waals surface area contributed by atoms with Crippen LogP contribution in [0, 0.1) is 0 Å². The van der Waals surface area contributed by atoms with Crippen molar-refractivity contribution in [2.24, 2.45) is 0 Å². The van der Waals surface area contributed by atoms with Gasteiger partial charge in [0.2, 0.25) is 0 Å². The number of rotatable bonds is 3. The van der Waals surface area contributed by atoms with Crippen molar-refractivity contribution in [1.82, 2.24) is 5.32 Å². The summed E-state index contributed by atoms with van der Waals surface area (Å²) in [6.45, 7) is 1.88. The van der Waals surface area contributed by atoms with E-state index in [-0.39, 0.29) is 17.0 Å². The largest absolute Gasteiger partial charge is 0.398 e. The van der Waals surface area contributed by atoms with Crippen molar-refractivity contribution < 1.29 is 4.79 Å². The van der Waals surface area contributed by atoms with Crippen LogP contribution in [0.2, 0.25) is 10.0 Å². The zero-order chi connectivity index (χ0) is 14.7. The Hall–Kier alpha value is -1.71. The molecular weight excluding hydrogens is 295 g/mol. The van der Waals surface area contributed by atoms with Crippen LogP contribution in [0.1, 0.15) is 28.9 Å². The Bertz CT molecular complexity index is 644. The van der Waals surface area contributed by atoms with Gasteiger partial charge in [-0.2, -0.15) is 0 Å². The van der Waals surface area contributed by atoms with Crippen LogP contribution < -0.4 is 11.1 Å². The Labute approximate surface area is 127 Å². The first-order valence-corrected chi connectivity index (χ1v) is 6.85. The zero-order valence-electron chi connectivity index (χ0n) is 10.9. The quantitative estimate of drug-likeness (QED) is 0.840. The van der Waals surface area contributed by atoms with Gasteiger partial charge in [0, 0.05) is 5.02 Å². The molecule has 0 fully saturated rings. The lowest BCUT2D eigenvalue weighted by Gasteiger charge is -2.15. The summed E-state index contributed by atoms with van der Waals surface area (Å²) in [5, 5.41) is 3.77. The normalized spacial score (nSPS) is 11.9. The van der Waals surface area contributed by atoms with E-state index in [1.165, 1.54) is 0 Å².